The number of carbonyl (C=O) groups is 2. The van der Waals surface area contributed by atoms with Crippen LogP contribution in [-0.4, -0.2) is 70.5 Å². The van der Waals surface area contributed by atoms with Crippen LogP contribution < -0.4 is 15.4 Å². The summed E-state index contributed by atoms with van der Waals surface area (Å²) in [6, 6.07) is 8.92. The Kier molecular flexibility index (Phi) is 6.60. The highest BCUT2D eigenvalue weighted by Crippen LogP contribution is 2.33. The largest absolute Gasteiger partial charge is 0.573 e. The summed E-state index contributed by atoms with van der Waals surface area (Å²) >= 11 is 1.15. The Morgan fingerprint density at radius 2 is 1.89 bits per heavy atom. The number of morpholine rings is 1. The number of amides is 2. The molecule has 0 bridgehead atoms. The Bertz CT molecular complexity index is 1480. The zero-order chi connectivity index (χ0) is 26.2. The summed E-state index contributed by atoms with van der Waals surface area (Å²) in [7, 11) is 1.78. The van der Waals surface area contributed by atoms with Crippen LogP contribution in [0.3, 0.4) is 0 Å². The van der Waals surface area contributed by atoms with Crippen LogP contribution in [0, 0.1) is 0 Å². The first-order valence-corrected chi connectivity index (χ1v) is 12.0. The molecule has 5 rings (SSSR count). The van der Waals surface area contributed by atoms with E-state index in [0.29, 0.717) is 58.7 Å². The third-order valence-electron chi connectivity index (χ3n) is 5.72. The number of halogens is 3. The number of nitrogens with zero attached hydrogens (tertiary/aromatic N) is 4. The van der Waals surface area contributed by atoms with Crippen molar-refractivity contribution in [2.75, 3.05) is 38.2 Å². The van der Waals surface area contributed by atoms with Crippen LogP contribution in [0.5, 0.6) is 5.75 Å². The van der Waals surface area contributed by atoms with E-state index in [2.05, 4.69) is 25.3 Å². The molecule has 2 N–H and O–H groups in total. The van der Waals surface area contributed by atoms with Crippen molar-refractivity contribution in [3.8, 4) is 5.75 Å². The van der Waals surface area contributed by atoms with Crippen molar-refractivity contribution in [3.05, 3.63) is 42.0 Å². The van der Waals surface area contributed by atoms with Crippen LogP contribution in [-0.2, 0) is 16.6 Å². The molecule has 0 spiro atoms. The average molecular weight is 535 g/mol. The molecule has 4 aromatic rings. The number of imidazole rings is 1. The number of hydrogen-bond donors (Lipinski definition) is 2. The maximum Gasteiger partial charge on any atom is 0.573 e. The smallest absolute Gasteiger partial charge is 0.406 e. The lowest BCUT2D eigenvalue weighted by atomic mass is 10.2. The summed E-state index contributed by atoms with van der Waals surface area (Å²) in [5.74, 6) is -0.460. The van der Waals surface area contributed by atoms with Gasteiger partial charge in [-0.3, -0.25) is 9.59 Å². The molecule has 2 amide bonds. The predicted octanol–water partition coefficient (Wildman–Crippen LogP) is 3.41. The SMILES string of the molecule is Cn1c(Nc2nc3ccc(OC(F)(F)F)cc3s2)nc2cc(C(=O)NCC(=O)N3CCOCC3)ccc21. The van der Waals surface area contributed by atoms with E-state index in [9.17, 15) is 22.8 Å². The maximum absolute atomic E-state index is 12.6. The van der Waals surface area contributed by atoms with Gasteiger partial charge in [-0.05, 0) is 30.3 Å². The van der Waals surface area contributed by atoms with Crippen molar-refractivity contribution in [1.29, 1.82) is 0 Å². The van der Waals surface area contributed by atoms with Gasteiger partial charge in [-0.15, -0.1) is 13.2 Å². The van der Waals surface area contributed by atoms with Crippen molar-refractivity contribution in [1.82, 2.24) is 24.8 Å². The van der Waals surface area contributed by atoms with Crippen molar-refractivity contribution in [2.45, 2.75) is 6.36 Å². The van der Waals surface area contributed by atoms with Gasteiger partial charge in [0, 0.05) is 31.8 Å². The molecule has 1 saturated heterocycles. The molecule has 3 heterocycles. The third-order valence-corrected chi connectivity index (χ3v) is 6.65. The molecular formula is C23H21F3N6O4S. The number of fused-ring (bicyclic) bond motifs is 2. The van der Waals surface area contributed by atoms with Crippen molar-refractivity contribution in [3.63, 3.8) is 0 Å². The van der Waals surface area contributed by atoms with Crippen LogP contribution >= 0.6 is 11.3 Å². The lowest BCUT2D eigenvalue weighted by Crippen LogP contribution is -2.45. The lowest BCUT2D eigenvalue weighted by molar-refractivity contribution is -0.274. The van der Waals surface area contributed by atoms with Crippen LogP contribution in [0.1, 0.15) is 10.4 Å². The van der Waals surface area contributed by atoms with Gasteiger partial charge in [-0.25, -0.2) is 9.97 Å². The number of thiazole rings is 1. The fourth-order valence-corrected chi connectivity index (χ4v) is 4.77. The zero-order valence-electron chi connectivity index (χ0n) is 19.5. The summed E-state index contributed by atoms with van der Waals surface area (Å²) in [4.78, 5) is 35.5. The number of carbonyl (C=O) groups excluding carboxylic acids is 2. The van der Waals surface area contributed by atoms with E-state index >= 15 is 0 Å². The number of aryl methyl sites for hydroxylation is 1. The average Bonchev–Trinajstić information content (AvgIpc) is 3.41. The Labute approximate surface area is 212 Å². The minimum Gasteiger partial charge on any atom is -0.406 e. The number of benzene rings is 2. The molecule has 2 aromatic heterocycles. The summed E-state index contributed by atoms with van der Waals surface area (Å²) in [6.45, 7) is 1.86. The Hall–Kier alpha value is -3.91. The van der Waals surface area contributed by atoms with Gasteiger partial charge < -0.3 is 29.6 Å². The normalized spacial score (nSPS) is 14.2. The monoisotopic (exact) mass is 534 g/mol. The first-order chi connectivity index (χ1) is 17.7. The Balaban J connectivity index is 1.29. The zero-order valence-corrected chi connectivity index (χ0v) is 20.3. The van der Waals surface area contributed by atoms with Gasteiger partial charge in [0.05, 0.1) is 41.0 Å². The van der Waals surface area contributed by atoms with Crippen LogP contribution in [0.25, 0.3) is 21.3 Å². The Morgan fingerprint density at radius 3 is 2.65 bits per heavy atom. The molecular weight excluding hydrogens is 513 g/mol. The first-order valence-electron chi connectivity index (χ1n) is 11.2. The molecule has 1 fully saturated rings. The summed E-state index contributed by atoms with van der Waals surface area (Å²) in [5, 5.41) is 6.15. The second-order valence-electron chi connectivity index (χ2n) is 8.20. The molecule has 0 unspecified atom stereocenters. The molecule has 0 radical (unpaired) electrons. The number of rotatable bonds is 6. The number of ether oxygens (including phenoxy) is 2. The van der Waals surface area contributed by atoms with E-state index in [-0.39, 0.29) is 18.2 Å². The van der Waals surface area contributed by atoms with Crippen molar-refractivity contribution in [2.24, 2.45) is 7.05 Å². The molecule has 14 heteroatoms. The van der Waals surface area contributed by atoms with Crippen LogP contribution in [0.15, 0.2) is 36.4 Å². The molecule has 37 heavy (non-hydrogen) atoms. The van der Waals surface area contributed by atoms with Crippen LogP contribution in [0.2, 0.25) is 0 Å². The summed E-state index contributed by atoms with van der Waals surface area (Å²) in [5.41, 5.74) is 2.14. The van der Waals surface area contributed by atoms with Gasteiger partial charge in [-0.1, -0.05) is 11.3 Å². The molecule has 10 nitrogen and oxygen atoms in total. The van der Waals surface area contributed by atoms with E-state index < -0.39 is 12.3 Å². The number of nitrogens with one attached hydrogen (secondary N) is 2. The highest BCUT2D eigenvalue weighted by molar-refractivity contribution is 7.22. The van der Waals surface area contributed by atoms with Crippen molar-refractivity contribution >= 4 is 55.5 Å². The van der Waals surface area contributed by atoms with Crippen LogP contribution in [0.4, 0.5) is 24.3 Å². The van der Waals surface area contributed by atoms with E-state index in [1.165, 1.54) is 18.2 Å². The fraction of sp³-hybridized carbons (Fsp3) is 0.304. The fourth-order valence-electron chi connectivity index (χ4n) is 3.89. The quantitative estimate of drug-likeness (QED) is 0.390. The molecule has 1 aliphatic heterocycles. The first kappa shape index (κ1) is 24.8. The summed E-state index contributed by atoms with van der Waals surface area (Å²) in [6.07, 6.45) is -4.78. The van der Waals surface area contributed by atoms with Gasteiger partial charge in [0.25, 0.3) is 5.91 Å². The number of anilines is 2. The lowest BCUT2D eigenvalue weighted by Gasteiger charge is -2.26. The number of alkyl halides is 3. The molecule has 1 aliphatic rings. The number of aromatic nitrogens is 3. The predicted molar refractivity (Wildman–Crippen MR) is 130 cm³/mol. The van der Waals surface area contributed by atoms with E-state index in [4.69, 9.17) is 4.74 Å². The molecule has 0 aliphatic carbocycles. The van der Waals surface area contributed by atoms with Gasteiger partial charge in [0.1, 0.15) is 5.75 Å². The maximum atomic E-state index is 12.6. The standard InChI is InChI=1S/C23H21F3N6O4S/c1-31-17-5-2-13(20(34)27-12-19(33)32-6-8-35-9-7-32)10-16(17)28-21(31)30-22-29-15-4-3-14(11-18(15)37-22)36-23(24,25)26/h2-5,10-11H,6-9,12H2,1H3,(H,27,34)(H,28,29,30). The third kappa shape index (κ3) is 5.59. The highest BCUT2D eigenvalue weighted by atomic mass is 32.1. The highest BCUT2D eigenvalue weighted by Gasteiger charge is 2.31. The van der Waals surface area contributed by atoms with Gasteiger partial charge in [-0.2, -0.15) is 0 Å². The topological polar surface area (TPSA) is 111 Å². The van der Waals surface area contributed by atoms with E-state index in [0.717, 1.165) is 16.9 Å². The molecule has 2 aromatic carbocycles. The minimum atomic E-state index is -4.78. The van der Waals surface area contributed by atoms with Gasteiger partial charge >= 0.3 is 6.36 Å². The molecule has 194 valence electrons. The second-order valence-corrected chi connectivity index (χ2v) is 9.23. The van der Waals surface area contributed by atoms with Gasteiger partial charge in [0.2, 0.25) is 11.9 Å². The molecule has 0 saturated carbocycles. The second kappa shape index (κ2) is 9.86. The van der Waals surface area contributed by atoms with Crippen molar-refractivity contribution < 1.29 is 32.2 Å². The Morgan fingerprint density at radius 1 is 1.11 bits per heavy atom. The van der Waals surface area contributed by atoms with E-state index in [1.807, 2.05) is 0 Å². The summed E-state index contributed by atoms with van der Waals surface area (Å²) < 4.78 is 49.0. The van der Waals surface area contributed by atoms with Gasteiger partial charge in [0.15, 0.2) is 5.13 Å². The number of hydrogen-bond acceptors (Lipinski definition) is 8. The van der Waals surface area contributed by atoms with E-state index in [1.54, 1.807) is 34.7 Å². The molecule has 0 atom stereocenters. The minimum absolute atomic E-state index is 0.112.